The number of carbonyl (C=O) groups excluding carboxylic acids is 3. The highest BCUT2D eigenvalue weighted by Gasteiger charge is 2.40. The van der Waals surface area contributed by atoms with E-state index in [1.165, 1.54) is 19.2 Å². The van der Waals surface area contributed by atoms with E-state index in [-0.39, 0.29) is 28.2 Å². The van der Waals surface area contributed by atoms with Crippen molar-refractivity contribution in [2.75, 3.05) is 14.2 Å². The molecule has 1 atom stereocenters. The topological polar surface area (TPSA) is 129 Å². The number of Topliss-reactive ketones (excluding diaryl/α,β-unsaturated/α-hetero) is 1. The number of esters is 2. The van der Waals surface area contributed by atoms with E-state index in [1.54, 1.807) is 36.4 Å². The molecule has 0 spiro atoms. The monoisotopic (exact) mass is 496 g/mol. The van der Waals surface area contributed by atoms with E-state index < -0.39 is 29.4 Å². The van der Waals surface area contributed by atoms with Gasteiger partial charge >= 0.3 is 11.9 Å². The summed E-state index contributed by atoms with van der Waals surface area (Å²) in [6.07, 6.45) is 0. The van der Waals surface area contributed by atoms with Crippen LogP contribution in [0, 0.1) is 11.3 Å². The van der Waals surface area contributed by atoms with Crippen LogP contribution in [0.4, 0.5) is 0 Å². The van der Waals surface area contributed by atoms with E-state index >= 15 is 0 Å². The zero-order valence-electron chi connectivity index (χ0n) is 17.0. The molecule has 32 heavy (non-hydrogen) atoms. The largest absolute Gasteiger partial charge is 0.465 e. The minimum absolute atomic E-state index is 0.0519. The van der Waals surface area contributed by atoms with Gasteiger partial charge < -0.3 is 19.9 Å². The predicted octanol–water partition coefficient (Wildman–Crippen LogP) is 3.35. The van der Waals surface area contributed by atoms with Crippen molar-refractivity contribution in [1.29, 1.82) is 5.26 Å². The number of rotatable bonds is 5. The second-order valence-corrected chi connectivity index (χ2v) is 7.52. The third-order valence-corrected chi connectivity index (χ3v) is 5.34. The van der Waals surface area contributed by atoms with Gasteiger partial charge in [0, 0.05) is 10.0 Å². The lowest BCUT2D eigenvalue weighted by atomic mass is 9.79. The first-order valence-electron chi connectivity index (χ1n) is 9.21. The van der Waals surface area contributed by atoms with Gasteiger partial charge in [-0.05, 0) is 42.0 Å². The van der Waals surface area contributed by atoms with E-state index in [4.69, 9.17) is 19.9 Å². The number of halogens is 1. The normalized spacial score (nSPS) is 15.5. The molecule has 1 aliphatic heterocycles. The van der Waals surface area contributed by atoms with E-state index in [9.17, 15) is 19.6 Å². The summed E-state index contributed by atoms with van der Waals surface area (Å²) in [7, 11) is 2.40. The van der Waals surface area contributed by atoms with Crippen LogP contribution in [0.5, 0.6) is 0 Å². The molecule has 0 amide bonds. The van der Waals surface area contributed by atoms with E-state index in [0.717, 1.165) is 11.6 Å². The minimum Gasteiger partial charge on any atom is -0.465 e. The highest BCUT2D eigenvalue weighted by atomic mass is 79.9. The van der Waals surface area contributed by atoms with Crippen molar-refractivity contribution in [1.82, 2.24) is 0 Å². The lowest BCUT2D eigenvalue weighted by Crippen LogP contribution is -2.28. The Morgan fingerprint density at radius 3 is 2.06 bits per heavy atom. The van der Waals surface area contributed by atoms with Crippen molar-refractivity contribution in [3.8, 4) is 6.07 Å². The molecule has 0 aliphatic carbocycles. The zero-order valence-corrected chi connectivity index (χ0v) is 18.6. The van der Waals surface area contributed by atoms with Crippen LogP contribution >= 0.6 is 15.9 Å². The van der Waals surface area contributed by atoms with Crippen LogP contribution in [-0.4, -0.2) is 31.9 Å². The number of nitrogens with zero attached hydrogens (tertiary/aromatic N) is 1. The number of nitriles is 1. The van der Waals surface area contributed by atoms with Gasteiger partial charge in [0.25, 0.3) is 0 Å². The van der Waals surface area contributed by atoms with E-state index in [0.29, 0.717) is 5.56 Å². The third kappa shape index (κ3) is 4.26. The van der Waals surface area contributed by atoms with Crippen molar-refractivity contribution in [2.45, 2.75) is 5.92 Å². The Morgan fingerprint density at radius 2 is 1.53 bits per heavy atom. The molecule has 1 aliphatic rings. The number of hydrogen-bond acceptors (Lipinski definition) is 8. The van der Waals surface area contributed by atoms with Gasteiger partial charge in [-0.2, -0.15) is 5.26 Å². The molecule has 9 heteroatoms. The van der Waals surface area contributed by atoms with Gasteiger partial charge in [0.2, 0.25) is 11.6 Å². The maximum Gasteiger partial charge on any atom is 0.374 e. The van der Waals surface area contributed by atoms with Crippen molar-refractivity contribution in [3.63, 3.8) is 0 Å². The van der Waals surface area contributed by atoms with Crippen LogP contribution in [0.25, 0.3) is 0 Å². The maximum atomic E-state index is 13.5. The molecule has 0 fully saturated rings. The van der Waals surface area contributed by atoms with Crippen LogP contribution in [0.2, 0.25) is 0 Å². The van der Waals surface area contributed by atoms with Gasteiger partial charge in [-0.15, -0.1) is 0 Å². The van der Waals surface area contributed by atoms with Gasteiger partial charge in [-0.3, -0.25) is 4.79 Å². The second kappa shape index (κ2) is 9.49. The first-order chi connectivity index (χ1) is 15.3. The summed E-state index contributed by atoms with van der Waals surface area (Å²) in [4.78, 5) is 37.8. The molecule has 2 N–H and O–H groups in total. The number of carbonyl (C=O) groups is 3. The Morgan fingerprint density at radius 1 is 0.969 bits per heavy atom. The summed E-state index contributed by atoms with van der Waals surface area (Å²) in [5.74, 6) is -3.75. The molecule has 0 saturated carbocycles. The highest BCUT2D eigenvalue weighted by Crippen LogP contribution is 2.41. The van der Waals surface area contributed by atoms with Gasteiger partial charge in [0.05, 0.1) is 31.3 Å². The first-order valence-corrected chi connectivity index (χ1v) is 10.00. The maximum absolute atomic E-state index is 13.5. The summed E-state index contributed by atoms with van der Waals surface area (Å²) in [6.45, 7) is 0. The fraction of sp³-hybridized carbons (Fsp3) is 0.130. The van der Waals surface area contributed by atoms with Crippen molar-refractivity contribution in [3.05, 3.63) is 92.5 Å². The van der Waals surface area contributed by atoms with E-state index in [2.05, 4.69) is 15.9 Å². The molecule has 1 heterocycles. The summed E-state index contributed by atoms with van der Waals surface area (Å²) in [5.41, 5.74) is 6.76. The number of nitrogens with two attached hydrogens (primary N) is 1. The van der Waals surface area contributed by atoms with E-state index in [1.807, 2.05) is 6.07 Å². The van der Waals surface area contributed by atoms with Crippen LogP contribution in [0.15, 0.2) is 75.8 Å². The Labute approximate surface area is 192 Å². The fourth-order valence-corrected chi connectivity index (χ4v) is 3.52. The third-order valence-electron chi connectivity index (χ3n) is 4.81. The van der Waals surface area contributed by atoms with Gasteiger partial charge in [0.1, 0.15) is 11.6 Å². The number of ketones is 1. The average Bonchev–Trinajstić information content (AvgIpc) is 2.82. The fourth-order valence-electron chi connectivity index (χ4n) is 3.26. The second-order valence-electron chi connectivity index (χ2n) is 6.61. The Balaban J connectivity index is 2.23. The predicted molar refractivity (Wildman–Crippen MR) is 116 cm³/mol. The standard InChI is InChI=1S/C23H17BrN2O6/c1-30-22(28)14-5-3-12(4-6-14)17-16(11-25)21(26)32-20(23(29)31-2)18(17)19(27)13-7-9-15(24)10-8-13/h3-10,17H,26H2,1-2H3. The van der Waals surface area contributed by atoms with Crippen molar-refractivity contribution in [2.24, 2.45) is 5.73 Å². The number of methoxy groups -OCH3 is 2. The van der Waals surface area contributed by atoms with Gasteiger partial charge in [0.15, 0.2) is 5.78 Å². The Hall–Kier alpha value is -3.90. The molecule has 1 unspecified atom stereocenters. The zero-order chi connectivity index (χ0) is 23.4. The number of benzene rings is 2. The van der Waals surface area contributed by atoms with Gasteiger partial charge in [-0.1, -0.05) is 28.1 Å². The summed E-state index contributed by atoms with van der Waals surface area (Å²) >= 11 is 3.31. The molecule has 0 radical (unpaired) electrons. The lowest BCUT2D eigenvalue weighted by molar-refractivity contribution is -0.139. The molecule has 2 aromatic rings. The molecule has 0 saturated heterocycles. The van der Waals surface area contributed by atoms with Crippen molar-refractivity contribution >= 4 is 33.7 Å². The molecule has 8 nitrogen and oxygen atoms in total. The molecule has 2 aromatic carbocycles. The Bertz CT molecular complexity index is 1190. The first kappa shape index (κ1) is 22.8. The van der Waals surface area contributed by atoms with Crippen LogP contribution in [-0.2, 0) is 19.0 Å². The summed E-state index contributed by atoms with van der Waals surface area (Å²) in [6, 6.07) is 14.5. The average molecular weight is 497 g/mol. The SMILES string of the molecule is COC(=O)C1=C(C(=O)c2ccc(Br)cc2)C(c2ccc(C(=O)OC)cc2)C(C#N)=C(N)O1. The summed E-state index contributed by atoms with van der Waals surface area (Å²) < 4.78 is 15.6. The Kier molecular flexibility index (Phi) is 6.76. The van der Waals surface area contributed by atoms with Gasteiger partial charge in [-0.25, -0.2) is 9.59 Å². The van der Waals surface area contributed by atoms with Crippen LogP contribution < -0.4 is 5.73 Å². The molecular formula is C23H17BrN2O6. The lowest BCUT2D eigenvalue weighted by Gasteiger charge is -2.27. The quantitative estimate of drug-likeness (QED) is 0.492. The number of allylic oxidation sites excluding steroid dienone is 2. The number of ether oxygens (including phenoxy) is 3. The smallest absolute Gasteiger partial charge is 0.374 e. The van der Waals surface area contributed by atoms with Crippen molar-refractivity contribution < 1.29 is 28.6 Å². The highest BCUT2D eigenvalue weighted by molar-refractivity contribution is 9.10. The molecular weight excluding hydrogens is 480 g/mol. The summed E-state index contributed by atoms with van der Waals surface area (Å²) in [5, 5.41) is 9.76. The molecule has 0 bridgehead atoms. The molecule has 0 aromatic heterocycles. The minimum atomic E-state index is -1.02. The van der Waals surface area contributed by atoms with Crippen LogP contribution in [0.3, 0.4) is 0 Å². The molecule has 3 rings (SSSR count). The van der Waals surface area contributed by atoms with Crippen LogP contribution in [0.1, 0.15) is 32.2 Å². The molecule has 162 valence electrons. The number of hydrogen-bond donors (Lipinski definition) is 1.